The molecule has 3 atom stereocenters. The molecule has 1 aliphatic rings. The number of nitrogens with one attached hydrogen (secondary N) is 1. The Morgan fingerprint density at radius 1 is 1.22 bits per heavy atom. The Morgan fingerprint density at radius 3 is 2.43 bits per heavy atom. The van der Waals surface area contributed by atoms with Crippen molar-refractivity contribution in [3.8, 4) is 0 Å². The molecule has 0 aliphatic carbocycles. The van der Waals surface area contributed by atoms with Crippen molar-refractivity contribution in [2.75, 3.05) is 19.4 Å². The molecule has 0 unspecified atom stereocenters. The summed E-state index contributed by atoms with van der Waals surface area (Å²) in [5, 5.41) is 3.58. The largest absolute Gasteiger partial charge is 0.378 e. The maximum absolute atomic E-state index is 11.5. The van der Waals surface area contributed by atoms with Gasteiger partial charge in [0.25, 0.3) is 0 Å². The fourth-order valence-electron chi connectivity index (χ4n) is 3.27. The molecule has 23 heavy (non-hydrogen) atoms. The van der Waals surface area contributed by atoms with E-state index in [-0.39, 0.29) is 6.04 Å². The van der Waals surface area contributed by atoms with Gasteiger partial charge in [0.1, 0.15) is 0 Å². The number of sulfone groups is 1. The van der Waals surface area contributed by atoms with Crippen LogP contribution in [0.2, 0.25) is 0 Å². The van der Waals surface area contributed by atoms with Crippen LogP contribution in [0.1, 0.15) is 45.2 Å². The van der Waals surface area contributed by atoms with Gasteiger partial charge in [0.15, 0.2) is 9.84 Å². The van der Waals surface area contributed by atoms with Crippen molar-refractivity contribution in [1.82, 2.24) is 5.32 Å². The highest BCUT2D eigenvalue weighted by molar-refractivity contribution is 7.90. The van der Waals surface area contributed by atoms with Crippen molar-refractivity contribution in [3.05, 3.63) is 29.8 Å². The zero-order valence-electron chi connectivity index (χ0n) is 14.6. The van der Waals surface area contributed by atoms with E-state index in [0.29, 0.717) is 22.8 Å². The number of hydrogen-bond donors (Lipinski definition) is 1. The predicted molar refractivity (Wildman–Crippen MR) is 93.3 cm³/mol. The molecule has 0 amide bonds. The molecule has 0 radical (unpaired) electrons. The molecular weight excluding hydrogens is 310 g/mol. The molecule has 2 rings (SSSR count). The molecule has 1 aromatic carbocycles. The van der Waals surface area contributed by atoms with E-state index in [1.807, 2.05) is 12.1 Å². The van der Waals surface area contributed by atoms with Crippen LogP contribution in [0.3, 0.4) is 0 Å². The van der Waals surface area contributed by atoms with Crippen LogP contribution < -0.4 is 5.32 Å². The topological polar surface area (TPSA) is 55.4 Å². The maximum Gasteiger partial charge on any atom is 0.175 e. The molecule has 1 N–H and O–H groups in total. The first-order chi connectivity index (χ1) is 10.8. The summed E-state index contributed by atoms with van der Waals surface area (Å²) in [5.74, 6) is 1.08. The van der Waals surface area contributed by atoms with Crippen molar-refractivity contribution >= 4 is 9.84 Å². The van der Waals surface area contributed by atoms with E-state index >= 15 is 0 Å². The van der Waals surface area contributed by atoms with E-state index < -0.39 is 9.84 Å². The van der Waals surface area contributed by atoms with Crippen molar-refractivity contribution in [2.24, 2.45) is 11.8 Å². The van der Waals surface area contributed by atoms with Crippen LogP contribution in [-0.4, -0.2) is 33.9 Å². The average molecular weight is 340 g/mol. The van der Waals surface area contributed by atoms with Crippen LogP contribution in [0, 0.1) is 11.8 Å². The summed E-state index contributed by atoms with van der Waals surface area (Å²) in [7, 11) is -3.13. The molecule has 1 aliphatic heterocycles. The number of rotatable bonds is 6. The number of benzene rings is 1. The molecule has 1 saturated heterocycles. The van der Waals surface area contributed by atoms with Gasteiger partial charge in [-0.2, -0.15) is 0 Å². The second-order valence-electron chi connectivity index (χ2n) is 6.95. The Labute approximate surface area is 140 Å². The summed E-state index contributed by atoms with van der Waals surface area (Å²) in [6.07, 6.45) is 3.90. The van der Waals surface area contributed by atoms with Gasteiger partial charge in [0, 0.05) is 25.4 Å². The Balaban J connectivity index is 1.95. The molecule has 1 aromatic rings. The second kappa shape index (κ2) is 7.77. The zero-order chi connectivity index (χ0) is 17.0. The first kappa shape index (κ1) is 18.4. The highest BCUT2D eigenvalue weighted by atomic mass is 32.2. The fraction of sp³-hybridized carbons (Fsp3) is 0.667. The van der Waals surface area contributed by atoms with Gasteiger partial charge in [-0.3, -0.25) is 0 Å². The van der Waals surface area contributed by atoms with Gasteiger partial charge in [-0.05, 0) is 49.3 Å². The maximum atomic E-state index is 11.5. The van der Waals surface area contributed by atoms with Gasteiger partial charge in [-0.1, -0.05) is 26.0 Å². The van der Waals surface area contributed by atoms with E-state index in [2.05, 4.69) is 26.1 Å². The van der Waals surface area contributed by atoms with E-state index in [1.54, 1.807) is 12.1 Å². The summed E-state index contributed by atoms with van der Waals surface area (Å²) in [6, 6.07) is 7.35. The van der Waals surface area contributed by atoms with Gasteiger partial charge < -0.3 is 10.1 Å². The molecular formula is C18H29NO3S. The molecule has 130 valence electrons. The van der Waals surface area contributed by atoms with Crippen LogP contribution in [0.4, 0.5) is 0 Å². The lowest BCUT2D eigenvalue weighted by Gasteiger charge is -2.35. The first-order valence-electron chi connectivity index (χ1n) is 8.44. The van der Waals surface area contributed by atoms with Crippen molar-refractivity contribution in [3.63, 3.8) is 0 Å². The third-order valence-corrected chi connectivity index (χ3v) is 5.77. The normalized spacial score (nSPS) is 23.9. The van der Waals surface area contributed by atoms with E-state index in [0.717, 1.165) is 25.1 Å². The lowest BCUT2D eigenvalue weighted by atomic mass is 9.87. The van der Waals surface area contributed by atoms with Crippen molar-refractivity contribution in [1.29, 1.82) is 0 Å². The van der Waals surface area contributed by atoms with E-state index in [1.165, 1.54) is 12.7 Å². The second-order valence-corrected chi connectivity index (χ2v) is 8.97. The van der Waals surface area contributed by atoms with Gasteiger partial charge in [-0.15, -0.1) is 0 Å². The van der Waals surface area contributed by atoms with Gasteiger partial charge in [0.2, 0.25) is 0 Å². The van der Waals surface area contributed by atoms with Crippen LogP contribution in [0.5, 0.6) is 0 Å². The Morgan fingerprint density at radius 2 is 1.87 bits per heavy atom. The molecule has 0 aromatic heterocycles. The molecule has 1 heterocycles. The monoisotopic (exact) mass is 339 g/mol. The number of hydrogen-bond acceptors (Lipinski definition) is 4. The fourth-order valence-corrected chi connectivity index (χ4v) is 3.90. The van der Waals surface area contributed by atoms with Crippen molar-refractivity contribution < 1.29 is 13.2 Å². The standard InChI is InChI=1S/C18H29NO3S/c1-13(2)18-16(6-5-11-22-18)12-19-14(3)15-7-9-17(10-8-15)23(4,20)21/h7-10,13-14,16,18-19H,5-6,11-12H2,1-4H3/t14-,16-,18-/m0/s1. The molecule has 0 bridgehead atoms. The van der Waals surface area contributed by atoms with E-state index in [4.69, 9.17) is 4.74 Å². The minimum Gasteiger partial charge on any atom is -0.378 e. The number of ether oxygens (including phenoxy) is 1. The molecule has 1 fully saturated rings. The first-order valence-corrected chi connectivity index (χ1v) is 10.3. The smallest absolute Gasteiger partial charge is 0.175 e. The summed E-state index contributed by atoms with van der Waals surface area (Å²) in [4.78, 5) is 0.369. The third-order valence-electron chi connectivity index (χ3n) is 4.65. The Hall–Kier alpha value is -0.910. The summed E-state index contributed by atoms with van der Waals surface area (Å²) < 4.78 is 29.0. The molecule has 4 nitrogen and oxygen atoms in total. The van der Waals surface area contributed by atoms with E-state index in [9.17, 15) is 8.42 Å². The van der Waals surface area contributed by atoms with Crippen LogP contribution in [0.25, 0.3) is 0 Å². The SMILES string of the molecule is CC(C)[C@@H]1OCCC[C@H]1CN[C@@H](C)c1ccc(S(C)(=O)=O)cc1. The summed E-state index contributed by atoms with van der Waals surface area (Å²) in [6.45, 7) is 8.36. The minimum atomic E-state index is -3.13. The third kappa shape index (κ3) is 5.03. The molecule has 0 saturated carbocycles. The van der Waals surface area contributed by atoms with Gasteiger partial charge in [-0.25, -0.2) is 8.42 Å². The lowest BCUT2D eigenvalue weighted by molar-refractivity contribution is -0.0521. The highest BCUT2D eigenvalue weighted by Gasteiger charge is 2.28. The molecule has 0 spiro atoms. The Bertz CT molecular complexity index is 595. The van der Waals surface area contributed by atoms with Crippen molar-refractivity contribution in [2.45, 2.75) is 50.7 Å². The van der Waals surface area contributed by atoms with Gasteiger partial charge in [0.05, 0.1) is 11.0 Å². The Kier molecular flexibility index (Phi) is 6.23. The van der Waals surface area contributed by atoms with Gasteiger partial charge >= 0.3 is 0 Å². The van der Waals surface area contributed by atoms with Crippen LogP contribution in [0.15, 0.2) is 29.2 Å². The predicted octanol–water partition coefficient (Wildman–Crippen LogP) is 3.19. The summed E-state index contributed by atoms with van der Waals surface area (Å²) in [5.41, 5.74) is 1.11. The van der Waals surface area contributed by atoms with Crippen LogP contribution >= 0.6 is 0 Å². The highest BCUT2D eigenvalue weighted by Crippen LogP contribution is 2.26. The summed E-state index contributed by atoms with van der Waals surface area (Å²) >= 11 is 0. The quantitative estimate of drug-likeness (QED) is 0.865. The minimum absolute atomic E-state index is 0.193. The lowest BCUT2D eigenvalue weighted by Crippen LogP contribution is -2.40. The van der Waals surface area contributed by atoms with Crippen LogP contribution in [-0.2, 0) is 14.6 Å². The average Bonchev–Trinajstić information content (AvgIpc) is 2.52. The zero-order valence-corrected chi connectivity index (χ0v) is 15.4. The molecule has 5 heteroatoms.